The van der Waals surface area contributed by atoms with Gasteiger partial charge in [-0.25, -0.2) is 4.39 Å². The Hall–Kier alpha value is -1.42. The fraction of sp³-hybridized carbons (Fsp3) is 0.533. The molecule has 0 bridgehead atoms. The number of rotatable bonds is 8. The van der Waals surface area contributed by atoms with Crippen molar-refractivity contribution in [3.05, 3.63) is 35.6 Å². The molecule has 0 unspecified atom stereocenters. The third-order valence-corrected chi connectivity index (χ3v) is 2.86. The summed E-state index contributed by atoms with van der Waals surface area (Å²) in [5, 5.41) is 3.10. The molecule has 1 aromatic carbocycles. The molecule has 0 aliphatic carbocycles. The van der Waals surface area contributed by atoms with Gasteiger partial charge in [-0.1, -0.05) is 26.0 Å². The first-order valence-electron chi connectivity index (χ1n) is 6.90. The van der Waals surface area contributed by atoms with Crippen LogP contribution in [-0.4, -0.2) is 30.4 Å². The molecule has 0 aliphatic heterocycles. The van der Waals surface area contributed by atoms with E-state index in [1.807, 2.05) is 4.90 Å². The van der Waals surface area contributed by atoms with Gasteiger partial charge < -0.3 is 10.2 Å². The van der Waals surface area contributed by atoms with Crippen LogP contribution >= 0.6 is 0 Å². The summed E-state index contributed by atoms with van der Waals surface area (Å²) < 4.78 is 12.7. The van der Waals surface area contributed by atoms with Crippen molar-refractivity contribution in [1.29, 1.82) is 0 Å². The zero-order chi connectivity index (χ0) is 14.1. The smallest absolute Gasteiger partial charge is 0.236 e. The van der Waals surface area contributed by atoms with Gasteiger partial charge in [0.2, 0.25) is 5.91 Å². The molecule has 1 amide bonds. The second-order valence-electron chi connectivity index (χ2n) is 4.61. The van der Waals surface area contributed by atoms with Crippen LogP contribution in [-0.2, 0) is 11.3 Å². The van der Waals surface area contributed by atoms with Gasteiger partial charge in [0.1, 0.15) is 5.82 Å². The van der Waals surface area contributed by atoms with Gasteiger partial charge in [-0.2, -0.15) is 0 Å². The molecule has 1 rings (SSSR count). The lowest BCUT2D eigenvalue weighted by Crippen LogP contribution is -2.38. The fourth-order valence-corrected chi connectivity index (χ4v) is 1.93. The van der Waals surface area contributed by atoms with Crippen molar-refractivity contribution in [2.75, 3.05) is 19.6 Å². The molecule has 0 saturated carbocycles. The predicted octanol–water partition coefficient (Wildman–Crippen LogP) is 2.56. The van der Waals surface area contributed by atoms with Gasteiger partial charge in [-0.15, -0.1) is 0 Å². The summed E-state index contributed by atoms with van der Waals surface area (Å²) in [5.74, 6) is -0.109. The first kappa shape index (κ1) is 15.6. The molecule has 0 aliphatic rings. The summed E-state index contributed by atoms with van der Waals surface area (Å²) >= 11 is 0. The number of benzene rings is 1. The molecular weight excluding hydrogens is 243 g/mol. The van der Waals surface area contributed by atoms with Crippen LogP contribution in [0.5, 0.6) is 0 Å². The van der Waals surface area contributed by atoms with Gasteiger partial charge in [0, 0.05) is 19.6 Å². The van der Waals surface area contributed by atoms with Crippen molar-refractivity contribution in [3.8, 4) is 0 Å². The topological polar surface area (TPSA) is 32.3 Å². The molecular formula is C15H23FN2O. The molecule has 0 heterocycles. The highest BCUT2D eigenvalue weighted by Crippen LogP contribution is 2.02. The Morgan fingerprint density at radius 3 is 2.26 bits per heavy atom. The van der Waals surface area contributed by atoms with Gasteiger partial charge >= 0.3 is 0 Å². The molecule has 1 N–H and O–H groups in total. The molecule has 0 fully saturated rings. The van der Waals surface area contributed by atoms with E-state index in [1.165, 1.54) is 12.1 Å². The number of nitrogens with one attached hydrogen (secondary N) is 1. The van der Waals surface area contributed by atoms with Crippen LogP contribution in [0.25, 0.3) is 0 Å². The molecule has 106 valence electrons. The average molecular weight is 266 g/mol. The molecule has 3 nitrogen and oxygen atoms in total. The van der Waals surface area contributed by atoms with E-state index in [2.05, 4.69) is 19.2 Å². The molecule has 0 spiro atoms. The van der Waals surface area contributed by atoms with Crippen molar-refractivity contribution < 1.29 is 9.18 Å². The summed E-state index contributed by atoms with van der Waals surface area (Å²) in [4.78, 5) is 13.9. The highest BCUT2D eigenvalue weighted by atomic mass is 19.1. The molecule has 1 aromatic rings. The van der Waals surface area contributed by atoms with Crippen LogP contribution in [0.4, 0.5) is 4.39 Å². The molecule has 4 heteroatoms. The van der Waals surface area contributed by atoms with Crippen molar-refractivity contribution in [2.24, 2.45) is 0 Å². The summed E-state index contributed by atoms with van der Waals surface area (Å²) in [5.41, 5.74) is 0.978. The minimum absolute atomic E-state index is 0.130. The normalized spacial score (nSPS) is 10.5. The standard InChI is InChI=1S/C15H23FN2O/c1-3-9-18(10-4-2)15(19)12-17-11-13-5-7-14(16)8-6-13/h5-8,17H,3-4,9-12H2,1-2H3. The van der Waals surface area contributed by atoms with Crippen LogP contribution in [0.3, 0.4) is 0 Å². The van der Waals surface area contributed by atoms with E-state index in [4.69, 9.17) is 0 Å². The van der Waals surface area contributed by atoms with Gasteiger partial charge in [0.05, 0.1) is 6.54 Å². The first-order valence-corrected chi connectivity index (χ1v) is 6.90. The summed E-state index contributed by atoms with van der Waals surface area (Å²) in [6.45, 7) is 6.68. The van der Waals surface area contributed by atoms with Gasteiger partial charge in [0.25, 0.3) is 0 Å². The Labute approximate surface area is 114 Å². The number of nitrogens with zero attached hydrogens (tertiary/aromatic N) is 1. The summed E-state index contributed by atoms with van der Waals surface area (Å²) in [6, 6.07) is 6.31. The van der Waals surface area contributed by atoms with E-state index in [1.54, 1.807) is 12.1 Å². The largest absolute Gasteiger partial charge is 0.342 e. The van der Waals surface area contributed by atoms with E-state index in [0.717, 1.165) is 31.5 Å². The van der Waals surface area contributed by atoms with Crippen LogP contribution < -0.4 is 5.32 Å². The molecule has 0 aromatic heterocycles. The van der Waals surface area contributed by atoms with Crippen molar-refractivity contribution in [1.82, 2.24) is 10.2 Å². The fourth-order valence-electron chi connectivity index (χ4n) is 1.93. The number of hydrogen-bond acceptors (Lipinski definition) is 2. The quantitative estimate of drug-likeness (QED) is 0.784. The van der Waals surface area contributed by atoms with Crippen molar-refractivity contribution in [2.45, 2.75) is 33.2 Å². The number of carbonyl (C=O) groups excluding carboxylic acids is 1. The maximum absolute atomic E-state index is 12.7. The zero-order valence-electron chi connectivity index (χ0n) is 11.8. The SMILES string of the molecule is CCCN(CCC)C(=O)CNCc1ccc(F)cc1. The molecule has 0 saturated heterocycles. The maximum atomic E-state index is 12.7. The lowest BCUT2D eigenvalue weighted by Gasteiger charge is -2.21. The minimum atomic E-state index is -0.239. The van der Waals surface area contributed by atoms with Crippen molar-refractivity contribution >= 4 is 5.91 Å². The van der Waals surface area contributed by atoms with Crippen molar-refractivity contribution in [3.63, 3.8) is 0 Å². The minimum Gasteiger partial charge on any atom is -0.342 e. The number of halogens is 1. The Bertz CT molecular complexity index is 372. The highest BCUT2D eigenvalue weighted by Gasteiger charge is 2.10. The third-order valence-electron chi connectivity index (χ3n) is 2.86. The lowest BCUT2D eigenvalue weighted by molar-refractivity contribution is -0.130. The maximum Gasteiger partial charge on any atom is 0.236 e. The Balaban J connectivity index is 2.34. The Kier molecular flexibility index (Phi) is 7.11. The molecule has 0 atom stereocenters. The average Bonchev–Trinajstić information content (AvgIpc) is 2.40. The number of carbonyl (C=O) groups is 1. The van der Waals surface area contributed by atoms with E-state index >= 15 is 0 Å². The second kappa shape index (κ2) is 8.64. The summed E-state index contributed by atoms with van der Waals surface area (Å²) in [7, 11) is 0. The monoisotopic (exact) mass is 266 g/mol. The highest BCUT2D eigenvalue weighted by molar-refractivity contribution is 5.78. The van der Waals surface area contributed by atoms with E-state index < -0.39 is 0 Å². The van der Waals surface area contributed by atoms with Gasteiger partial charge in [-0.05, 0) is 30.5 Å². The number of hydrogen-bond donors (Lipinski definition) is 1. The Morgan fingerprint density at radius 2 is 1.74 bits per heavy atom. The summed E-state index contributed by atoms with van der Waals surface area (Å²) in [6.07, 6.45) is 1.95. The van der Waals surface area contributed by atoms with Crippen LogP contribution in [0, 0.1) is 5.82 Å². The second-order valence-corrected chi connectivity index (χ2v) is 4.61. The van der Waals surface area contributed by atoms with E-state index in [-0.39, 0.29) is 11.7 Å². The Morgan fingerprint density at radius 1 is 1.16 bits per heavy atom. The molecule has 0 radical (unpaired) electrons. The van der Waals surface area contributed by atoms with Gasteiger partial charge in [-0.3, -0.25) is 4.79 Å². The predicted molar refractivity (Wildman–Crippen MR) is 75.3 cm³/mol. The lowest BCUT2D eigenvalue weighted by atomic mass is 10.2. The van der Waals surface area contributed by atoms with Gasteiger partial charge in [0.15, 0.2) is 0 Å². The van der Waals surface area contributed by atoms with Crippen LogP contribution in [0.2, 0.25) is 0 Å². The zero-order valence-corrected chi connectivity index (χ0v) is 11.8. The van der Waals surface area contributed by atoms with E-state index in [0.29, 0.717) is 13.1 Å². The van der Waals surface area contributed by atoms with E-state index in [9.17, 15) is 9.18 Å². The van der Waals surface area contributed by atoms with Crippen LogP contribution in [0.1, 0.15) is 32.3 Å². The third kappa shape index (κ3) is 5.83. The molecule has 19 heavy (non-hydrogen) atoms. The first-order chi connectivity index (χ1) is 9.17. The number of amides is 1. The van der Waals surface area contributed by atoms with Crippen LogP contribution in [0.15, 0.2) is 24.3 Å².